The lowest BCUT2D eigenvalue weighted by atomic mass is 9.96. The van der Waals surface area contributed by atoms with Crippen LogP contribution in [0.3, 0.4) is 0 Å². The Morgan fingerprint density at radius 3 is 2.47 bits per heavy atom. The zero-order valence-electron chi connectivity index (χ0n) is 11.9. The van der Waals surface area contributed by atoms with Gasteiger partial charge in [-0.15, -0.1) is 0 Å². The van der Waals surface area contributed by atoms with Crippen LogP contribution >= 0.6 is 0 Å². The van der Waals surface area contributed by atoms with E-state index in [-0.39, 0.29) is 30.6 Å². The molecule has 0 radical (unpaired) electrons. The first-order valence-electron chi connectivity index (χ1n) is 7.10. The van der Waals surface area contributed by atoms with Gasteiger partial charge in [0.25, 0.3) is 0 Å². The summed E-state index contributed by atoms with van der Waals surface area (Å²) in [6, 6.07) is 0.241. The molecule has 0 bridgehead atoms. The molecule has 4 N–H and O–H groups in total. The Kier molecular flexibility index (Phi) is 7.25. The molecule has 1 aliphatic carbocycles. The fourth-order valence-electron chi connectivity index (χ4n) is 2.08. The minimum Gasteiger partial charge on any atom is -0.353 e. The molecule has 0 aliphatic heterocycles. The van der Waals surface area contributed by atoms with E-state index in [4.69, 9.17) is 0 Å². The summed E-state index contributed by atoms with van der Waals surface area (Å²) in [6.45, 7) is 2.56. The molecule has 1 saturated carbocycles. The van der Waals surface area contributed by atoms with Crippen molar-refractivity contribution in [3.8, 4) is 0 Å². The van der Waals surface area contributed by atoms with Crippen molar-refractivity contribution in [1.82, 2.24) is 21.3 Å². The van der Waals surface area contributed by atoms with Gasteiger partial charge >= 0.3 is 6.03 Å². The number of likely N-dealkylation sites (N-methyl/N-ethyl adjacent to an activating group) is 1. The normalized spacial score (nSPS) is 17.6. The van der Waals surface area contributed by atoms with Crippen LogP contribution < -0.4 is 21.3 Å². The van der Waals surface area contributed by atoms with Crippen molar-refractivity contribution in [3.05, 3.63) is 0 Å². The highest BCUT2D eigenvalue weighted by Gasteiger charge is 2.15. The molecule has 1 aliphatic rings. The van der Waals surface area contributed by atoms with E-state index in [0.717, 1.165) is 12.8 Å². The largest absolute Gasteiger partial charge is 0.353 e. The molecule has 0 heterocycles. The Morgan fingerprint density at radius 2 is 1.84 bits per heavy atom. The van der Waals surface area contributed by atoms with Crippen molar-refractivity contribution in [2.45, 2.75) is 51.1 Å². The molecule has 0 aromatic heterocycles. The molecular formula is C13H26N4O2. The summed E-state index contributed by atoms with van der Waals surface area (Å²) in [7, 11) is 1.84. The van der Waals surface area contributed by atoms with Crippen LogP contribution in [0, 0.1) is 0 Å². The standard InChI is InChI=1S/C13H26N4O2/c1-10(14-2)8-15-12(18)9-16-13(19)17-11-6-4-3-5-7-11/h10-11,14H,3-9H2,1-2H3,(H,15,18)(H2,16,17,19). The fraction of sp³-hybridized carbons (Fsp3) is 0.846. The maximum atomic E-state index is 11.6. The average Bonchev–Trinajstić information content (AvgIpc) is 2.43. The van der Waals surface area contributed by atoms with Crippen LogP contribution in [0.25, 0.3) is 0 Å². The SMILES string of the molecule is CNC(C)CNC(=O)CNC(=O)NC1CCCCC1. The fourth-order valence-corrected chi connectivity index (χ4v) is 2.08. The summed E-state index contributed by atoms with van der Waals surface area (Å²) < 4.78 is 0. The molecule has 6 nitrogen and oxygen atoms in total. The van der Waals surface area contributed by atoms with Crippen LogP contribution in [0.1, 0.15) is 39.0 Å². The maximum Gasteiger partial charge on any atom is 0.315 e. The van der Waals surface area contributed by atoms with Crippen LogP contribution in [0.15, 0.2) is 0 Å². The summed E-state index contributed by atoms with van der Waals surface area (Å²) in [6.07, 6.45) is 5.69. The van der Waals surface area contributed by atoms with E-state index in [2.05, 4.69) is 21.3 Å². The summed E-state index contributed by atoms with van der Waals surface area (Å²) in [4.78, 5) is 23.1. The van der Waals surface area contributed by atoms with E-state index in [1.54, 1.807) is 0 Å². The van der Waals surface area contributed by atoms with Gasteiger partial charge in [-0.3, -0.25) is 4.79 Å². The highest BCUT2D eigenvalue weighted by atomic mass is 16.2. The van der Waals surface area contributed by atoms with Crippen molar-refractivity contribution >= 4 is 11.9 Å². The van der Waals surface area contributed by atoms with Crippen LogP contribution in [-0.4, -0.2) is 44.2 Å². The third kappa shape index (κ3) is 7.00. The molecule has 0 aromatic carbocycles. The van der Waals surface area contributed by atoms with Gasteiger partial charge in [0.1, 0.15) is 0 Å². The molecule has 19 heavy (non-hydrogen) atoms. The minimum atomic E-state index is -0.247. The zero-order valence-corrected chi connectivity index (χ0v) is 11.9. The third-order valence-corrected chi connectivity index (χ3v) is 3.45. The molecule has 3 amide bonds. The van der Waals surface area contributed by atoms with E-state index in [0.29, 0.717) is 6.54 Å². The predicted molar refractivity (Wildman–Crippen MR) is 74.9 cm³/mol. The Labute approximate surface area is 115 Å². The second-order valence-corrected chi connectivity index (χ2v) is 5.16. The highest BCUT2D eigenvalue weighted by molar-refractivity contribution is 5.83. The van der Waals surface area contributed by atoms with Gasteiger partial charge in [-0.25, -0.2) is 4.79 Å². The highest BCUT2D eigenvalue weighted by Crippen LogP contribution is 2.16. The molecule has 1 fully saturated rings. The summed E-state index contributed by atoms with van der Waals surface area (Å²) in [5, 5.41) is 11.3. The number of amides is 3. The number of urea groups is 1. The predicted octanol–water partition coefficient (Wildman–Crippen LogP) is 0.342. The quantitative estimate of drug-likeness (QED) is 0.562. The van der Waals surface area contributed by atoms with Crippen molar-refractivity contribution in [2.75, 3.05) is 20.1 Å². The van der Waals surface area contributed by atoms with E-state index < -0.39 is 0 Å². The number of carbonyl (C=O) groups is 2. The van der Waals surface area contributed by atoms with Crippen LogP contribution in [0.4, 0.5) is 4.79 Å². The lowest BCUT2D eigenvalue weighted by Gasteiger charge is -2.22. The number of hydrogen-bond donors (Lipinski definition) is 4. The first-order valence-corrected chi connectivity index (χ1v) is 7.10. The summed E-state index contributed by atoms with van der Waals surface area (Å²) >= 11 is 0. The van der Waals surface area contributed by atoms with E-state index in [1.165, 1.54) is 19.3 Å². The smallest absolute Gasteiger partial charge is 0.315 e. The van der Waals surface area contributed by atoms with Gasteiger partial charge in [0, 0.05) is 18.6 Å². The third-order valence-electron chi connectivity index (χ3n) is 3.45. The first-order chi connectivity index (χ1) is 9.11. The van der Waals surface area contributed by atoms with Gasteiger partial charge in [0.15, 0.2) is 0 Å². The van der Waals surface area contributed by atoms with Gasteiger partial charge in [-0.1, -0.05) is 19.3 Å². The molecule has 1 rings (SSSR count). The van der Waals surface area contributed by atoms with Gasteiger partial charge in [-0.2, -0.15) is 0 Å². The molecular weight excluding hydrogens is 244 g/mol. The zero-order chi connectivity index (χ0) is 14.1. The van der Waals surface area contributed by atoms with Gasteiger partial charge in [0.05, 0.1) is 6.54 Å². The minimum absolute atomic E-state index is 0.0228. The van der Waals surface area contributed by atoms with E-state index in [9.17, 15) is 9.59 Å². The Morgan fingerprint density at radius 1 is 1.16 bits per heavy atom. The lowest BCUT2D eigenvalue weighted by molar-refractivity contribution is -0.120. The average molecular weight is 270 g/mol. The molecule has 1 unspecified atom stereocenters. The van der Waals surface area contributed by atoms with Crippen LogP contribution in [0.5, 0.6) is 0 Å². The van der Waals surface area contributed by atoms with Gasteiger partial charge in [-0.05, 0) is 26.8 Å². The Balaban J connectivity index is 2.09. The van der Waals surface area contributed by atoms with Crippen LogP contribution in [0.2, 0.25) is 0 Å². The molecule has 6 heteroatoms. The second kappa shape index (κ2) is 8.74. The Hall–Kier alpha value is -1.30. The number of carbonyl (C=O) groups excluding carboxylic acids is 2. The van der Waals surface area contributed by atoms with Crippen LogP contribution in [-0.2, 0) is 4.79 Å². The van der Waals surface area contributed by atoms with Gasteiger partial charge < -0.3 is 21.3 Å². The van der Waals surface area contributed by atoms with E-state index in [1.807, 2.05) is 14.0 Å². The Bertz CT molecular complexity index is 290. The maximum absolute atomic E-state index is 11.6. The number of rotatable bonds is 6. The van der Waals surface area contributed by atoms with Crippen molar-refractivity contribution in [2.24, 2.45) is 0 Å². The molecule has 110 valence electrons. The van der Waals surface area contributed by atoms with Crippen molar-refractivity contribution < 1.29 is 9.59 Å². The molecule has 0 aromatic rings. The molecule has 0 saturated heterocycles. The van der Waals surface area contributed by atoms with E-state index >= 15 is 0 Å². The number of hydrogen-bond acceptors (Lipinski definition) is 3. The molecule has 0 spiro atoms. The van der Waals surface area contributed by atoms with Gasteiger partial charge in [0.2, 0.25) is 5.91 Å². The summed E-state index contributed by atoms with van der Waals surface area (Å²) in [5.74, 6) is -0.166. The first kappa shape index (κ1) is 15.8. The molecule has 1 atom stereocenters. The second-order valence-electron chi connectivity index (χ2n) is 5.16. The van der Waals surface area contributed by atoms with Crippen molar-refractivity contribution in [1.29, 1.82) is 0 Å². The lowest BCUT2D eigenvalue weighted by Crippen LogP contribution is -2.47. The monoisotopic (exact) mass is 270 g/mol. The van der Waals surface area contributed by atoms with Crippen molar-refractivity contribution in [3.63, 3.8) is 0 Å². The summed E-state index contributed by atoms with van der Waals surface area (Å²) in [5.41, 5.74) is 0. The number of nitrogens with one attached hydrogen (secondary N) is 4. The topological polar surface area (TPSA) is 82.3 Å².